The minimum atomic E-state index is -0.0955. The summed E-state index contributed by atoms with van der Waals surface area (Å²) < 4.78 is 1.55. The molecule has 1 amide bonds. The van der Waals surface area contributed by atoms with Crippen LogP contribution in [0.3, 0.4) is 0 Å². The van der Waals surface area contributed by atoms with Crippen LogP contribution in [0.5, 0.6) is 0 Å². The van der Waals surface area contributed by atoms with Crippen LogP contribution in [0.1, 0.15) is 28.8 Å². The number of nitrogens with zero attached hydrogens (tertiary/aromatic N) is 2. The van der Waals surface area contributed by atoms with Crippen LogP contribution >= 0.6 is 11.8 Å². The molecule has 0 spiro atoms. The monoisotopic (exact) mass is 379 g/mol. The first-order valence-corrected chi connectivity index (χ1v) is 10.2. The highest BCUT2D eigenvalue weighted by Crippen LogP contribution is 2.25. The smallest absolute Gasteiger partial charge is 0.258 e. The molecule has 0 fully saturated rings. The normalized spacial score (nSPS) is 12.9. The minimum Gasteiger partial charge on any atom is -0.325 e. The second kappa shape index (κ2) is 7.56. The average molecular weight is 379 g/mol. The molecular formula is C21H21N3O2S. The van der Waals surface area contributed by atoms with E-state index in [9.17, 15) is 9.59 Å². The van der Waals surface area contributed by atoms with Gasteiger partial charge in [-0.15, -0.1) is 11.8 Å². The molecule has 0 aliphatic heterocycles. The van der Waals surface area contributed by atoms with Crippen LogP contribution in [-0.2, 0) is 23.4 Å². The van der Waals surface area contributed by atoms with Gasteiger partial charge in [0.05, 0.1) is 11.4 Å². The fourth-order valence-electron chi connectivity index (χ4n) is 3.43. The van der Waals surface area contributed by atoms with Crippen molar-refractivity contribution >= 4 is 29.0 Å². The molecule has 4 rings (SSSR count). The van der Waals surface area contributed by atoms with Crippen molar-refractivity contribution < 1.29 is 4.79 Å². The van der Waals surface area contributed by atoms with E-state index in [0.29, 0.717) is 22.8 Å². The second-order valence-electron chi connectivity index (χ2n) is 6.90. The van der Waals surface area contributed by atoms with Crippen LogP contribution in [0.2, 0.25) is 0 Å². The number of aryl methyl sites for hydroxylation is 3. The number of anilines is 1. The Morgan fingerprint density at radius 1 is 1.19 bits per heavy atom. The Morgan fingerprint density at radius 3 is 2.93 bits per heavy atom. The Morgan fingerprint density at radius 2 is 2.04 bits per heavy atom. The van der Waals surface area contributed by atoms with E-state index in [1.54, 1.807) is 10.6 Å². The number of amides is 1. The fourth-order valence-corrected chi connectivity index (χ4v) is 4.14. The Kier molecular flexibility index (Phi) is 4.99. The predicted octanol–water partition coefficient (Wildman–Crippen LogP) is 3.36. The van der Waals surface area contributed by atoms with E-state index in [0.717, 1.165) is 24.1 Å². The quantitative estimate of drug-likeness (QED) is 0.738. The lowest BCUT2D eigenvalue weighted by Gasteiger charge is -2.08. The van der Waals surface area contributed by atoms with Crippen LogP contribution in [-0.4, -0.2) is 21.0 Å². The van der Waals surface area contributed by atoms with Crippen molar-refractivity contribution in [3.8, 4) is 0 Å². The van der Waals surface area contributed by atoms with Crippen molar-refractivity contribution in [2.75, 3.05) is 11.1 Å². The Balaban J connectivity index is 1.35. The molecule has 0 saturated heterocycles. The summed E-state index contributed by atoms with van der Waals surface area (Å²) in [6.45, 7) is 1.94. The van der Waals surface area contributed by atoms with Gasteiger partial charge in [0.15, 0.2) is 0 Å². The maximum absolute atomic E-state index is 12.2. The van der Waals surface area contributed by atoms with Crippen LogP contribution < -0.4 is 10.9 Å². The van der Waals surface area contributed by atoms with E-state index in [4.69, 9.17) is 0 Å². The highest BCUT2D eigenvalue weighted by molar-refractivity contribution is 7.99. The summed E-state index contributed by atoms with van der Waals surface area (Å²) in [6.07, 6.45) is 5.21. The lowest BCUT2D eigenvalue weighted by atomic mass is 10.1. The largest absolute Gasteiger partial charge is 0.325 e. The molecular weight excluding hydrogens is 358 g/mol. The van der Waals surface area contributed by atoms with Crippen molar-refractivity contribution in [3.63, 3.8) is 0 Å². The highest BCUT2D eigenvalue weighted by atomic mass is 32.2. The summed E-state index contributed by atoms with van der Waals surface area (Å²) in [5.41, 5.74) is 5.84. The molecule has 2 heterocycles. The number of benzene rings is 1. The van der Waals surface area contributed by atoms with E-state index in [1.807, 2.05) is 25.1 Å². The van der Waals surface area contributed by atoms with Gasteiger partial charge >= 0.3 is 0 Å². The summed E-state index contributed by atoms with van der Waals surface area (Å²) in [5, 5.41) is 2.96. The third-order valence-corrected chi connectivity index (χ3v) is 5.69. The zero-order chi connectivity index (χ0) is 18.8. The number of carbonyl (C=O) groups excluding carboxylic acids is 1. The lowest BCUT2D eigenvalue weighted by Crippen LogP contribution is -2.16. The summed E-state index contributed by atoms with van der Waals surface area (Å²) in [5.74, 6) is 0.814. The molecule has 0 saturated carbocycles. The third-order valence-electron chi connectivity index (χ3n) is 4.73. The number of thioether (sulfide) groups is 1. The fraction of sp³-hybridized carbons (Fsp3) is 0.286. The molecule has 1 aromatic carbocycles. The van der Waals surface area contributed by atoms with Gasteiger partial charge in [-0.25, -0.2) is 4.98 Å². The lowest BCUT2D eigenvalue weighted by molar-refractivity contribution is -0.113. The van der Waals surface area contributed by atoms with E-state index in [2.05, 4.69) is 22.4 Å². The van der Waals surface area contributed by atoms with Crippen molar-refractivity contribution in [3.05, 3.63) is 75.3 Å². The van der Waals surface area contributed by atoms with E-state index in [1.165, 1.54) is 35.4 Å². The number of hydrogen-bond acceptors (Lipinski definition) is 4. The van der Waals surface area contributed by atoms with Gasteiger partial charge in [0, 0.05) is 23.7 Å². The molecule has 1 N–H and O–H groups in total. The molecule has 5 nitrogen and oxygen atoms in total. The van der Waals surface area contributed by atoms with Crippen LogP contribution in [0.15, 0.2) is 47.4 Å². The molecule has 0 atom stereocenters. The van der Waals surface area contributed by atoms with Crippen molar-refractivity contribution in [1.29, 1.82) is 0 Å². The van der Waals surface area contributed by atoms with Gasteiger partial charge in [0.2, 0.25) is 5.91 Å². The van der Waals surface area contributed by atoms with Gasteiger partial charge in [-0.1, -0.05) is 12.1 Å². The average Bonchev–Trinajstić information content (AvgIpc) is 3.10. The van der Waals surface area contributed by atoms with Gasteiger partial charge in [-0.2, -0.15) is 0 Å². The number of rotatable bonds is 5. The maximum Gasteiger partial charge on any atom is 0.258 e. The summed E-state index contributed by atoms with van der Waals surface area (Å²) in [6, 6.07) is 11.5. The Bertz CT molecular complexity index is 1070. The van der Waals surface area contributed by atoms with Gasteiger partial charge in [-0.3, -0.25) is 14.0 Å². The molecule has 27 heavy (non-hydrogen) atoms. The van der Waals surface area contributed by atoms with Gasteiger partial charge < -0.3 is 5.32 Å². The predicted molar refractivity (Wildman–Crippen MR) is 109 cm³/mol. The van der Waals surface area contributed by atoms with Gasteiger partial charge in [0.1, 0.15) is 5.65 Å². The first-order chi connectivity index (χ1) is 13.1. The molecule has 2 aromatic heterocycles. The van der Waals surface area contributed by atoms with Gasteiger partial charge in [0.25, 0.3) is 5.56 Å². The molecule has 0 radical (unpaired) electrons. The molecule has 6 heteroatoms. The Labute approximate surface area is 161 Å². The van der Waals surface area contributed by atoms with E-state index >= 15 is 0 Å². The standard InChI is InChI=1S/C21H21N3O2S/c1-14-5-8-19-22-18(10-21(26)24(19)11-14)12-27-13-20(25)23-17-7-6-15-3-2-4-16(15)9-17/h5-11H,2-4,12-13H2,1H3,(H,23,25). The van der Waals surface area contributed by atoms with Crippen molar-refractivity contribution in [1.82, 2.24) is 9.38 Å². The highest BCUT2D eigenvalue weighted by Gasteiger charge is 2.12. The zero-order valence-corrected chi connectivity index (χ0v) is 16.0. The van der Waals surface area contributed by atoms with E-state index in [-0.39, 0.29) is 11.5 Å². The molecule has 138 valence electrons. The number of carbonyl (C=O) groups is 1. The van der Waals surface area contributed by atoms with E-state index < -0.39 is 0 Å². The van der Waals surface area contributed by atoms with Crippen LogP contribution in [0.25, 0.3) is 5.65 Å². The second-order valence-corrected chi connectivity index (χ2v) is 7.88. The number of pyridine rings is 1. The first kappa shape index (κ1) is 17.8. The Hall–Kier alpha value is -2.60. The van der Waals surface area contributed by atoms with Crippen molar-refractivity contribution in [2.45, 2.75) is 31.9 Å². The summed E-state index contributed by atoms with van der Waals surface area (Å²) in [7, 11) is 0. The topological polar surface area (TPSA) is 63.5 Å². The van der Waals surface area contributed by atoms with Crippen molar-refractivity contribution in [2.24, 2.45) is 0 Å². The summed E-state index contributed by atoms with van der Waals surface area (Å²) >= 11 is 1.46. The zero-order valence-electron chi connectivity index (χ0n) is 15.2. The summed E-state index contributed by atoms with van der Waals surface area (Å²) in [4.78, 5) is 28.9. The molecule has 1 aliphatic carbocycles. The molecule has 1 aliphatic rings. The number of nitrogens with one attached hydrogen (secondary N) is 1. The molecule has 3 aromatic rings. The molecule has 0 bridgehead atoms. The number of hydrogen-bond donors (Lipinski definition) is 1. The van der Waals surface area contributed by atoms with Crippen LogP contribution in [0, 0.1) is 6.92 Å². The third kappa shape index (κ3) is 4.06. The number of aromatic nitrogens is 2. The van der Waals surface area contributed by atoms with Crippen LogP contribution in [0.4, 0.5) is 5.69 Å². The maximum atomic E-state index is 12.2. The minimum absolute atomic E-state index is 0.0360. The SMILES string of the molecule is Cc1ccc2nc(CSCC(=O)Nc3ccc4c(c3)CCC4)cc(=O)n2c1. The van der Waals surface area contributed by atoms with Gasteiger partial charge in [-0.05, 0) is 61.1 Å². The first-order valence-electron chi connectivity index (χ1n) is 9.07. The molecule has 0 unspecified atom stereocenters. The number of fused-ring (bicyclic) bond motifs is 2.